The van der Waals surface area contributed by atoms with E-state index in [1.54, 1.807) is 24.3 Å². The molecule has 0 amide bonds. The fourth-order valence-corrected chi connectivity index (χ4v) is 4.42. The van der Waals surface area contributed by atoms with Crippen LogP contribution in [0, 0.1) is 0 Å². The number of hydrogen-bond donors (Lipinski definition) is 1. The van der Waals surface area contributed by atoms with Crippen LogP contribution in [0.4, 0.5) is 0 Å². The van der Waals surface area contributed by atoms with Crippen molar-refractivity contribution in [1.82, 2.24) is 9.62 Å². The number of sulfonamides is 1. The van der Waals surface area contributed by atoms with Gasteiger partial charge in [-0.2, -0.15) is 0 Å². The van der Waals surface area contributed by atoms with Crippen LogP contribution in [0.1, 0.15) is 34.3 Å². The Bertz CT molecular complexity index is 934. The number of carbonyl (C=O) groups excluding carboxylic acids is 1. The molecule has 0 aliphatic carbocycles. The van der Waals surface area contributed by atoms with Gasteiger partial charge in [-0.15, -0.1) is 0 Å². The van der Waals surface area contributed by atoms with Gasteiger partial charge >= 0.3 is 5.97 Å². The lowest BCUT2D eigenvalue weighted by Gasteiger charge is -2.29. The minimum absolute atomic E-state index is 0.161. The van der Waals surface area contributed by atoms with Gasteiger partial charge in [0.1, 0.15) is 11.9 Å². The number of benzene rings is 2. The van der Waals surface area contributed by atoms with E-state index in [0.29, 0.717) is 11.1 Å². The first-order valence-corrected chi connectivity index (χ1v) is 11.6. The fourth-order valence-electron chi connectivity index (χ4n) is 3.30. The molecule has 1 heterocycles. The molecule has 1 saturated heterocycles. The van der Waals surface area contributed by atoms with Crippen LogP contribution in [-0.4, -0.2) is 52.6 Å². The summed E-state index contributed by atoms with van der Waals surface area (Å²) in [6.07, 6.45) is 2.26. The molecule has 0 bridgehead atoms. The van der Waals surface area contributed by atoms with Crippen LogP contribution >= 0.6 is 0 Å². The van der Waals surface area contributed by atoms with Crippen molar-refractivity contribution in [2.75, 3.05) is 27.2 Å². The number of likely N-dealkylation sites (tertiary alicyclic amines) is 1. The number of nitrogens with one attached hydrogen (secondary N) is 1. The van der Waals surface area contributed by atoms with E-state index in [9.17, 15) is 13.2 Å². The molecule has 30 heavy (non-hydrogen) atoms. The van der Waals surface area contributed by atoms with Gasteiger partial charge in [0.2, 0.25) is 10.0 Å². The van der Waals surface area contributed by atoms with Crippen molar-refractivity contribution in [3.8, 4) is 5.75 Å². The summed E-state index contributed by atoms with van der Waals surface area (Å²) < 4.78 is 38.0. The monoisotopic (exact) mass is 432 g/mol. The number of ether oxygens (including phenoxy) is 2. The number of hydrogen-bond acceptors (Lipinski definition) is 6. The third-order valence-electron chi connectivity index (χ3n) is 5.12. The number of nitrogens with zero attached hydrogens (tertiary/aromatic N) is 1. The van der Waals surface area contributed by atoms with E-state index in [-0.39, 0.29) is 18.4 Å². The maximum Gasteiger partial charge on any atom is 0.337 e. The van der Waals surface area contributed by atoms with Gasteiger partial charge in [-0.1, -0.05) is 24.3 Å². The molecule has 1 aliphatic rings. The standard InChI is InChI=1S/C22H28N2O5S/c1-24-13-11-21(12-14-24)29-20-9-5-17(6-10-20)15-23-30(26,27)16-18-3-7-19(8-4-18)22(25)28-2/h3-10,21,23H,11-16H2,1-2H3. The van der Waals surface area contributed by atoms with Crippen LogP contribution in [0.2, 0.25) is 0 Å². The molecular formula is C22H28N2O5S. The molecule has 8 heteroatoms. The quantitative estimate of drug-likeness (QED) is 0.646. The zero-order valence-corrected chi connectivity index (χ0v) is 18.2. The second kappa shape index (κ2) is 10.1. The molecule has 2 aromatic rings. The fraction of sp³-hybridized carbons (Fsp3) is 0.409. The summed E-state index contributed by atoms with van der Waals surface area (Å²) in [5.74, 6) is 0.193. The molecule has 1 aliphatic heterocycles. The highest BCUT2D eigenvalue weighted by atomic mass is 32.2. The van der Waals surface area contributed by atoms with Gasteiger partial charge in [0.15, 0.2) is 0 Å². The van der Waals surface area contributed by atoms with Gasteiger partial charge in [-0.3, -0.25) is 0 Å². The van der Waals surface area contributed by atoms with Crippen molar-refractivity contribution >= 4 is 16.0 Å². The van der Waals surface area contributed by atoms with Crippen LogP contribution in [0.15, 0.2) is 48.5 Å². The van der Waals surface area contributed by atoms with Gasteiger partial charge in [0.25, 0.3) is 0 Å². The van der Waals surface area contributed by atoms with E-state index in [0.717, 1.165) is 37.2 Å². The number of esters is 1. The molecule has 2 aromatic carbocycles. The largest absolute Gasteiger partial charge is 0.490 e. The predicted molar refractivity (Wildman–Crippen MR) is 115 cm³/mol. The van der Waals surface area contributed by atoms with Gasteiger partial charge in [0.05, 0.1) is 18.4 Å². The van der Waals surface area contributed by atoms with Crippen LogP contribution in [-0.2, 0) is 27.1 Å². The molecule has 0 spiro atoms. The molecule has 3 rings (SSSR count). The Kier molecular flexibility index (Phi) is 7.47. The second-order valence-electron chi connectivity index (χ2n) is 7.53. The summed E-state index contributed by atoms with van der Waals surface area (Å²) in [4.78, 5) is 13.7. The molecule has 7 nitrogen and oxygen atoms in total. The lowest BCUT2D eigenvalue weighted by molar-refractivity contribution is 0.0600. The van der Waals surface area contributed by atoms with Gasteiger partial charge < -0.3 is 14.4 Å². The highest BCUT2D eigenvalue weighted by molar-refractivity contribution is 7.88. The van der Waals surface area contributed by atoms with E-state index < -0.39 is 16.0 Å². The summed E-state index contributed by atoms with van der Waals surface area (Å²) >= 11 is 0. The Labute approximate surface area is 178 Å². The third-order valence-corrected chi connectivity index (χ3v) is 6.42. The Morgan fingerprint density at radius 1 is 1.03 bits per heavy atom. The van der Waals surface area contributed by atoms with Gasteiger partial charge in [-0.25, -0.2) is 17.9 Å². The zero-order chi connectivity index (χ0) is 21.6. The molecule has 162 valence electrons. The Morgan fingerprint density at radius 2 is 1.63 bits per heavy atom. The minimum atomic E-state index is -3.51. The molecule has 0 aromatic heterocycles. The number of methoxy groups -OCH3 is 1. The SMILES string of the molecule is COC(=O)c1ccc(CS(=O)(=O)NCc2ccc(OC3CCN(C)CC3)cc2)cc1. The highest BCUT2D eigenvalue weighted by Gasteiger charge is 2.18. The number of piperidine rings is 1. The van der Waals surface area contributed by atoms with Crippen molar-refractivity contribution in [1.29, 1.82) is 0 Å². The molecule has 0 atom stereocenters. The first-order valence-electron chi connectivity index (χ1n) is 9.93. The zero-order valence-electron chi connectivity index (χ0n) is 17.3. The maximum absolute atomic E-state index is 12.4. The van der Waals surface area contributed by atoms with Crippen molar-refractivity contribution in [2.45, 2.75) is 31.2 Å². The first-order chi connectivity index (χ1) is 14.3. The van der Waals surface area contributed by atoms with Crippen molar-refractivity contribution in [3.63, 3.8) is 0 Å². The third kappa shape index (κ3) is 6.55. The van der Waals surface area contributed by atoms with Crippen LogP contribution in [0.3, 0.4) is 0 Å². The first kappa shape index (κ1) is 22.3. The highest BCUT2D eigenvalue weighted by Crippen LogP contribution is 2.19. The molecule has 0 radical (unpaired) electrons. The predicted octanol–water partition coefficient (Wildman–Crippen LogP) is 2.57. The van der Waals surface area contributed by atoms with Crippen molar-refractivity contribution < 1.29 is 22.7 Å². The van der Waals surface area contributed by atoms with Crippen molar-refractivity contribution in [3.05, 3.63) is 65.2 Å². The van der Waals surface area contributed by atoms with Crippen molar-refractivity contribution in [2.24, 2.45) is 0 Å². The van der Waals surface area contributed by atoms with E-state index in [1.807, 2.05) is 24.3 Å². The molecule has 1 N–H and O–H groups in total. The summed E-state index contributed by atoms with van der Waals surface area (Å²) in [5.41, 5.74) is 1.83. The lowest BCUT2D eigenvalue weighted by atomic mass is 10.1. The average Bonchev–Trinajstić information content (AvgIpc) is 2.75. The van der Waals surface area contributed by atoms with E-state index in [2.05, 4.69) is 21.4 Å². The minimum Gasteiger partial charge on any atom is -0.490 e. The Morgan fingerprint density at radius 3 is 2.23 bits per heavy atom. The summed E-state index contributed by atoms with van der Waals surface area (Å²) in [6.45, 7) is 2.28. The van der Waals surface area contributed by atoms with Gasteiger partial charge in [0, 0.05) is 19.6 Å². The van der Waals surface area contributed by atoms with Crippen LogP contribution < -0.4 is 9.46 Å². The van der Waals surface area contributed by atoms with Gasteiger partial charge in [-0.05, 0) is 55.3 Å². The topological polar surface area (TPSA) is 84.9 Å². The number of carbonyl (C=O) groups is 1. The van der Waals surface area contributed by atoms with E-state index >= 15 is 0 Å². The molecular weight excluding hydrogens is 404 g/mol. The number of rotatable bonds is 8. The Hall–Kier alpha value is -2.42. The Balaban J connectivity index is 1.49. The molecule has 0 saturated carbocycles. The molecule has 1 fully saturated rings. The summed E-state index contributed by atoms with van der Waals surface area (Å²) in [7, 11) is -0.0935. The second-order valence-corrected chi connectivity index (χ2v) is 9.34. The average molecular weight is 433 g/mol. The summed E-state index contributed by atoms with van der Waals surface area (Å²) in [5, 5.41) is 0. The van der Waals surface area contributed by atoms with E-state index in [1.165, 1.54) is 7.11 Å². The summed E-state index contributed by atoms with van der Waals surface area (Å²) in [6, 6.07) is 13.8. The molecule has 0 unspecified atom stereocenters. The van der Waals surface area contributed by atoms with Crippen LogP contribution in [0.5, 0.6) is 5.75 Å². The normalized spacial score (nSPS) is 15.7. The maximum atomic E-state index is 12.4. The van der Waals surface area contributed by atoms with Crippen LogP contribution in [0.25, 0.3) is 0 Å². The lowest BCUT2D eigenvalue weighted by Crippen LogP contribution is -2.35. The van der Waals surface area contributed by atoms with E-state index in [4.69, 9.17) is 4.74 Å². The smallest absolute Gasteiger partial charge is 0.337 e.